The number of aromatic nitrogens is 2. The first-order valence-corrected chi connectivity index (χ1v) is 17.5. The summed E-state index contributed by atoms with van der Waals surface area (Å²) in [4.78, 5) is 11.6. The van der Waals surface area contributed by atoms with E-state index in [2.05, 4.69) is 123 Å². The number of fused-ring (bicyclic) bond motifs is 1. The molecule has 2 N–H and O–H groups in total. The van der Waals surface area contributed by atoms with Crippen LogP contribution in [0.15, 0.2) is 102 Å². The van der Waals surface area contributed by atoms with Gasteiger partial charge in [-0.05, 0) is 111 Å². The maximum atomic E-state index is 5.01. The van der Waals surface area contributed by atoms with E-state index in [0.717, 1.165) is 48.8 Å². The van der Waals surface area contributed by atoms with E-state index in [9.17, 15) is 0 Å². The summed E-state index contributed by atoms with van der Waals surface area (Å²) in [7, 11) is 0. The van der Waals surface area contributed by atoms with Crippen LogP contribution < -0.4 is 15.5 Å². The summed E-state index contributed by atoms with van der Waals surface area (Å²) in [5, 5.41) is 9.22. The Kier molecular flexibility index (Phi) is 7.78. The molecule has 2 fully saturated rings. The van der Waals surface area contributed by atoms with Crippen LogP contribution in [-0.4, -0.2) is 47.8 Å². The highest BCUT2D eigenvalue weighted by molar-refractivity contribution is 7.18. The van der Waals surface area contributed by atoms with Gasteiger partial charge in [-0.2, -0.15) is 0 Å². The van der Waals surface area contributed by atoms with Crippen LogP contribution in [0.4, 0.5) is 5.69 Å². The van der Waals surface area contributed by atoms with E-state index in [1.54, 1.807) is 11.3 Å². The van der Waals surface area contributed by atoms with E-state index < -0.39 is 0 Å². The van der Waals surface area contributed by atoms with Gasteiger partial charge in [0.05, 0.1) is 0 Å². The summed E-state index contributed by atoms with van der Waals surface area (Å²) < 4.78 is 2.28. The summed E-state index contributed by atoms with van der Waals surface area (Å²) in [6, 6.07) is 36.7. The highest BCUT2D eigenvalue weighted by atomic mass is 32.1. The molecular formula is C37H37N5S2. The Morgan fingerprint density at radius 3 is 1.82 bits per heavy atom. The minimum absolute atomic E-state index is 0.628. The lowest BCUT2D eigenvalue weighted by Gasteiger charge is -2.43. The number of para-hydroxylation sites is 1. The number of benzene rings is 3. The monoisotopic (exact) mass is 615 g/mol. The Bertz CT molecular complexity index is 1800. The van der Waals surface area contributed by atoms with E-state index in [-0.39, 0.29) is 0 Å². The molecule has 2 aliphatic rings. The third kappa shape index (κ3) is 5.39. The van der Waals surface area contributed by atoms with E-state index in [4.69, 9.17) is 4.98 Å². The average Bonchev–Trinajstić information content (AvgIpc) is 3.84. The zero-order valence-corrected chi connectivity index (χ0v) is 26.4. The molecule has 222 valence electrons. The number of thiophene rings is 2. The lowest BCUT2D eigenvalue weighted by Crippen LogP contribution is -2.51. The largest absolute Gasteiger partial charge is 0.365 e. The van der Waals surface area contributed by atoms with E-state index in [0.29, 0.717) is 12.1 Å². The normalized spacial score (nSPS) is 16.5. The van der Waals surface area contributed by atoms with Crippen LogP contribution in [0.5, 0.6) is 0 Å². The number of nitrogens with zero attached hydrogens (tertiary/aromatic N) is 3. The van der Waals surface area contributed by atoms with Crippen LogP contribution in [0, 0.1) is 0 Å². The van der Waals surface area contributed by atoms with Crippen molar-refractivity contribution in [1.29, 1.82) is 0 Å². The quantitative estimate of drug-likeness (QED) is 0.189. The molecular weight excluding hydrogens is 579 g/mol. The van der Waals surface area contributed by atoms with Crippen LogP contribution in [-0.2, 0) is 0 Å². The maximum Gasteiger partial charge on any atom is 0.146 e. The summed E-state index contributed by atoms with van der Waals surface area (Å²) in [6.45, 7) is 4.49. The Hall–Kier alpha value is -3.75. The van der Waals surface area contributed by atoms with Gasteiger partial charge in [0.15, 0.2) is 0 Å². The Balaban J connectivity index is 1.04. The van der Waals surface area contributed by atoms with Gasteiger partial charge < -0.3 is 15.5 Å². The van der Waals surface area contributed by atoms with Crippen molar-refractivity contribution in [3.63, 3.8) is 0 Å². The molecule has 44 heavy (non-hydrogen) atoms. The van der Waals surface area contributed by atoms with Crippen molar-refractivity contribution in [3.05, 3.63) is 102 Å². The highest BCUT2D eigenvalue weighted by Crippen LogP contribution is 2.38. The first kappa shape index (κ1) is 27.8. The molecule has 5 heterocycles. The first-order chi connectivity index (χ1) is 21.8. The number of piperidine rings is 2. The third-order valence-electron chi connectivity index (χ3n) is 9.17. The molecule has 0 bridgehead atoms. The van der Waals surface area contributed by atoms with Crippen molar-refractivity contribution < 1.29 is 0 Å². The van der Waals surface area contributed by atoms with Crippen LogP contribution in [0.3, 0.4) is 0 Å². The van der Waals surface area contributed by atoms with Gasteiger partial charge >= 0.3 is 0 Å². The van der Waals surface area contributed by atoms with Crippen molar-refractivity contribution in [1.82, 2.24) is 20.2 Å². The maximum absolute atomic E-state index is 5.01. The molecule has 0 amide bonds. The zero-order valence-electron chi connectivity index (χ0n) is 24.8. The smallest absolute Gasteiger partial charge is 0.146 e. The molecule has 3 aromatic heterocycles. The van der Waals surface area contributed by atoms with Crippen molar-refractivity contribution in [3.8, 4) is 38.0 Å². The molecule has 0 atom stereocenters. The van der Waals surface area contributed by atoms with E-state index >= 15 is 0 Å². The minimum Gasteiger partial charge on any atom is -0.365 e. The van der Waals surface area contributed by atoms with E-state index in [1.807, 2.05) is 11.3 Å². The fourth-order valence-corrected chi connectivity index (χ4v) is 8.81. The average molecular weight is 616 g/mol. The predicted octanol–water partition coefficient (Wildman–Crippen LogP) is 8.46. The molecule has 2 saturated heterocycles. The molecule has 3 aromatic carbocycles. The molecule has 2 aliphatic heterocycles. The van der Waals surface area contributed by atoms with Gasteiger partial charge in [-0.1, -0.05) is 54.6 Å². The van der Waals surface area contributed by atoms with Crippen molar-refractivity contribution in [2.24, 2.45) is 0 Å². The zero-order chi connectivity index (χ0) is 29.3. The van der Waals surface area contributed by atoms with Crippen LogP contribution in [0.25, 0.3) is 48.3 Å². The predicted molar refractivity (Wildman–Crippen MR) is 187 cm³/mol. The molecule has 5 nitrogen and oxygen atoms in total. The molecule has 0 saturated carbocycles. The van der Waals surface area contributed by atoms with Crippen LogP contribution in [0.1, 0.15) is 25.7 Å². The number of hydrogen-bond donors (Lipinski definition) is 2. The molecule has 6 aromatic rings. The molecule has 0 radical (unpaired) electrons. The van der Waals surface area contributed by atoms with Gasteiger partial charge in [-0.15, -0.1) is 22.7 Å². The van der Waals surface area contributed by atoms with Gasteiger partial charge in [0.2, 0.25) is 0 Å². The summed E-state index contributed by atoms with van der Waals surface area (Å²) >= 11 is 3.60. The number of rotatable bonds is 7. The second kappa shape index (κ2) is 12.3. The second-order valence-corrected chi connectivity index (χ2v) is 13.9. The number of hydrogen-bond acceptors (Lipinski definition) is 6. The number of anilines is 1. The summed E-state index contributed by atoms with van der Waals surface area (Å²) in [5.41, 5.74) is 7.22. The van der Waals surface area contributed by atoms with Crippen LogP contribution in [0.2, 0.25) is 0 Å². The number of nitrogens with one attached hydrogen (secondary N) is 2. The topological polar surface area (TPSA) is 45.1 Å². The fraction of sp³-hybridized carbons (Fsp3) is 0.270. The molecule has 0 aliphatic carbocycles. The molecule has 0 unspecified atom stereocenters. The van der Waals surface area contributed by atoms with Crippen LogP contribution >= 0.6 is 22.7 Å². The molecule has 8 rings (SSSR count). The molecule has 7 heteroatoms. The highest BCUT2D eigenvalue weighted by Gasteiger charge is 2.29. The number of imidazole rings is 1. The van der Waals surface area contributed by atoms with Gasteiger partial charge in [0.25, 0.3) is 0 Å². The minimum atomic E-state index is 0.628. The van der Waals surface area contributed by atoms with Crippen molar-refractivity contribution in [2.45, 2.75) is 37.8 Å². The lowest BCUT2D eigenvalue weighted by atomic mass is 9.96. The SMILES string of the molecule is c1ccc(-n2c(-c3ccc(-c4ccc(-c5ccc(N(C6CCNCC6)C6CCNCC6)cc5)s4)cc3)nc3ccsc32)cc1. The standard InChI is InChI=1S/C37H37N5S2/c1-2-4-29(5-3-1)42-36(40-33-20-25-43-37(33)42)28-8-6-26(7-9-28)34-14-15-35(44-34)27-10-12-30(13-11-27)41(31-16-21-38-22-17-31)32-18-23-39-24-19-32/h1-15,20,25,31-32,38-39H,16-19,21-24H2. The second-order valence-electron chi connectivity index (χ2n) is 11.9. The Labute approximate surface area is 267 Å². The first-order valence-electron chi connectivity index (χ1n) is 15.8. The Morgan fingerprint density at radius 2 is 1.20 bits per heavy atom. The molecule has 0 spiro atoms. The van der Waals surface area contributed by atoms with Crippen molar-refractivity contribution >= 4 is 38.7 Å². The van der Waals surface area contributed by atoms with Gasteiger partial charge in [0.1, 0.15) is 16.2 Å². The lowest BCUT2D eigenvalue weighted by molar-refractivity contribution is 0.355. The van der Waals surface area contributed by atoms with E-state index in [1.165, 1.54) is 57.1 Å². The van der Waals surface area contributed by atoms with Gasteiger partial charge in [-0.25, -0.2) is 4.98 Å². The van der Waals surface area contributed by atoms with Gasteiger partial charge in [0, 0.05) is 38.8 Å². The third-order valence-corrected chi connectivity index (χ3v) is 11.2. The summed E-state index contributed by atoms with van der Waals surface area (Å²) in [6.07, 6.45) is 4.91. The van der Waals surface area contributed by atoms with Gasteiger partial charge in [-0.3, -0.25) is 4.57 Å². The van der Waals surface area contributed by atoms with Crippen molar-refractivity contribution in [2.75, 3.05) is 31.1 Å². The Morgan fingerprint density at radius 1 is 0.636 bits per heavy atom. The summed E-state index contributed by atoms with van der Waals surface area (Å²) in [5.74, 6) is 0.986. The fourth-order valence-electron chi connectivity index (χ4n) is 6.94.